The summed E-state index contributed by atoms with van der Waals surface area (Å²) in [7, 11) is 1.62. The molecule has 6 heteroatoms. The highest BCUT2D eigenvalue weighted by Gasteiger charge is 2.25. The van der Waals surface area contributed by atoms with Crippen LogP contribution in [0.1, 0.15) is 22.5 Å². The van der Waals surface area contributed by atoms with Crippen LogP contribution in [0.2, 0.25) is 0 Å². The van der Waals surface area contributed by atoms with E-state index in [0.717, 1.165) is 48.8 Å². The Morgan fingerprint density at radius 3 is 2.90 bits per heavy atom. The van der Waals surface area contributed by atoms with Gasteiger partial charge in [-0.2, -0.15) is 0 Å². The molecule has 104 valence electrons. The Labute approximate surface area is 121 Å². The zero-order valence-electron chi connectivity index (χ0n) is 11.2. The number of rotatable bonds is 3. The van der Waals surface area contributed by atoms with Gasteiger partial charge in [-0.25, -0.2) is 0 Å². The first-order valence-electron chi connectivity index (χ1n) is 6.55. The van der Waals surface area contributed by atoms with Crippen LogP contribution in [0.5, 0.6) is 5.75 Å². The molecule has 1 saturated heterocycles. The van der Waals surface area contributed by atoms with Gasteiger partial charge in [0.05, 0.1) is 7.11 Å². The lowest BCUT2D eigenvalue weighted by Gasteiger charge is -2.14. The summed E-state index contributed by atoms with van der Waals surface area (Å²) < 4.78 is 9.16. The lowest BCUT2D eigenvalue weighted by molar-refractivity contribution is 0.0798. The number of hydrogen-bond acceptors (Lipinski definition) is 5. The molecule has 1 aromatic heterocycles. The van der Waals surface area contributed by atoms with Crippen LogP contribution in [0.4, 0.5) is 0 Å². The zero-order valence-corrected chi connectivity index (χ0v) is 12.0. The lowest BCUT2D eigenvalue weighted by Crippen LogP contribution is -2.27. The van der Waals surface area contributed by atoms with Crippen molar-refractivity contribution in [1.29, 1.82) is 0 Å². The largest absolute Gasteiger partial charge is 0.497 e. The molecular formula is C14H15N3O2S. The van der Waals surface area contributed by atoms with Gasteiger partial charge in [-0.05, 0) is 36.5 Å². The van der Waals surface area contributed by atoms with Crippen molar-refractivity contribution in [3.63, 3.8) is 0 Å². The number of benzene rings is 1. The fourth-order valence-electron chi connectivity index (χ4n) is 2.35. The summed E-state index contributed by atoms with van der Waals surface area (Å²) in [5, 5.41) is 4.12. The van der Waals surface area contributed by atoms with Gasteiger partial charge < -0.3 is 9.64 Å². The van der Waals surface area contributed by atoms with Crippen molar-refractivity contribution < 1.29 is 9.53 Å². The van der Waals surface area contributed by atoms with Crippen molar-refractivity contribution in [2.75, 3.05) is 20.2 Å². The molecular weight excluding hydrogens is 274 g/mol. The van der Waals surface area contributed by atoms with Gasteiger partial charge in [0, 0.05) is 18.7 Å². The fraction of sp³-hybridized carbons (Fsp3) is 0.357. The molecule has 0 aliphatic carbocycles. The van der Waals surface area contributed by atoms with E-state index in [-0.39, 0.29) is 5.91 Å². The van der Waals surface area contributed by atoms with Crippen LogP contribution in [-0.4, -0.2) is 40.6 Å². The third-order valence-corrected chi connectivity index (χ3v) is 4.13. The Morgan fingerprint density at radius 2 is 2.15 bits per heavy atom. The molecule has 0 atom stereocenters. The highest BCUT2D eigenvalue weighted by Crippen LogP contribution is 2.28. The van der Waals surface area contributed by atoms with Crippen LogP contribution < -0.4 is 4.74 Å². The molecule has 1 fully saturated rings. The third-order valence-electron chi connectivity index (χ3n) is 3.42. The van der Waals surface area contributed by atoms with Gasteiger partial charge in [0.2, 0.25) is 0 Å². The molecule has 2 heterocycles. The van der Waals surface area contributed by atoms with Gasteiger partial charge >= 0.3 is 0 Å². The van der Waals surface area contributed by atoms with E-state index in [1.165, 1.54) is 0 Å². The molecule has 0 saturated carbocycles. The van der Waals surface area contributed by atoms with E-state index in [2.05, 4.69) is 9.59 Å². The van der Waals surface area contributed by atoms with Crippen LogP contribution in [0.3, 0.4) is 0 Å². The van der Waals surface area contributed by atoms with Crippen molar-refractivity contribution in [1.82, 2.24) is 14.5 Å². The van der Waals surface area contributed by atoms with Crippen molar-refractivity contribution >= 4 is 17.4 Å². The Kier molecular flexibility index (Phi) is 3.64. The third kappa shape index (κ3) is 2.38. The Bertz CT molecular complexity index is 620. The molecule has 1 aliphatic heterocycles. The van der Waals surface area contributed by atoms with Gasteiger partial charge in [0.15, 0.2) is 0 Å². The topological polar surface area (TPSA) is 55.3 Å². The van der Waals surface area contributed by atoms with E-state index in [4.69, 9.17) is 4.74 Å². The summed E-state index contributed by atoms with van der Waals surface area (Å²) >= 11 is 1.16. The summed E-state index contributed by atoms with van der Waals surface area (Å²) in [5.41, 5.74) is 1.51. The predicted molar refractivity (Wildman–Crippen MR) is 77.0 cm³/mol. The Balaban J connectivity index is 1.94. The maximum absolute atomic E-state index is 12.5. The number of hydrogen-bond donors (Lipinski definition) is 0. The number of nitrogens with zero attached hydrogens (tertiary/aromatic N) is 3. The molecule has 1 aromatic carbocycles. The van der Waals surface area contributed by atoms with Crippen LogP contribution in [-0.2, 0) is 0 Å². The van der Waals surface area contributed by atoms with E-state index in [0.29, 0.717) is 10.6 Å². The van der Waals surface area contributed by atoms with Gasteiger partial charge in [0.1, 0.15) is 16.3 Å². The van der Waals surface area contributed by atoms with Crippen LogP contribution in [0, 0.1) is 0 Å². The number of ether oxygens (including phenoxy) is 1. The van der Waals surface area contributed by atoms with Crippen LogP contribution in [0.25, 0.3) is 11.3 Å². The van der Waals surface area contributed by atoms with Crippen molar-refractivity contribution in [3.8, 4) is 17.0 Å². The van der Waals surface area contributed by atoms with E-state index in [1.807, 2.05) is 29.2 Å². The fourth-order valence-corrected chi connectivity index (χ4v) is 3.01. The first kappa shape index (κ1) is 13.1. The van der Waals surface area contributed by atoms with Crippen molar-refractivity contribution in [3.05, 3.63) is 29.1 Å². The second-order valence-corrected chi connectivity index (χ2v) is 5.44. The van der Waals surface area contributed by atoms with E-state index in [1.54, 1.807) is 7.11 Å². The molecule has 3 rings (SSSR count). The normalized spacial score (nSPS) is 14.6. The summed E-state index contributed by atoms with van der Waals surface area (Å²) in [6.45, 7) is 1.66. The average molecular weight is 289 g/mol. The Hall–Kier alpha value is -1.95. The summed E-state index contributed by atoms with van der Waals surface area (Å²) in [4.78, 5) is 15.0. The molecule has 20 heavy (non-hydrogen) atoms. The number of carbonyl (C=O) groups is 1. The second kappa shape index (κ2) is 5.58. The maximum atomic E-state index is 12.5. The summed E-state index contributed by atoms with van der Waals surface area (Å²) in [6, 6.07) is 7.54. The number of amides is 1. The van der Waals surface area contributed by atoms with Crippen molar-refractivity contribution in [2.45, 2.75) is 12.8 Å². The highest BCUT2D eigenvalue weighted by molar-refractivity contribution is 7.08. The molecule has 0 radical (unpaired) electrons. The highest BCUT2D eigenvalue weighted by atomic mass is 32.1. The molecule has 1 aliphatic rings. The number of likely N-dealkylation sites (tertiary alicyclic amines) is 1. The quantitative estimate of drug-likeness (QED) is 0.871. The molecule has 0 N–H and O–H groups in total. The predicted octanol–water partition coefficient (Wildman–Crippen LogP) is 2.45. The van der Waals surface area contributed by atoms with Gasteiger partial charge in [0.25, 0.3) is 5.91 Å². The Morgan fingerprint density at radius 1 is 1.35 bits per heavy atom. The standard InChI is InChI=1S/C14H15N3O2S/c1-19-11-6-4-5-10(9-11)12-13(20-16-15-12)14(18)17-7-2-3-8-17/h4-6,9H,2-3,7-8H2,1H3. The zero-order chi connectivity index (χ0) is 13.9. The molecule has 0 unspecified atom stereocenters. The smallest absolute Gasteiger partial charge is 0.267 e. The minimum absolute atomic E-state index is 0.0373. The lowest BCUT2D eigenvalue weighted by atomic mass is 10.1. The average Bonchev–Trinajstić information content (AvgIpc) is 3.17. The molecule has 0 spiro atoms. The van der Waals surface area contributed by atoms with Crippen molar-refractivity contribution in [2.24, 2.45) is 0 Å². The van der Waals surface area contributed by atoms with Gasteiger partial charge in [-0.1, -0.05) is 16.6 Å². The number of carbonyl (C=O) groups excluding carboxylic acids is 1. The van der Waals surface area contributed by atoms with Crippen LogP contribution in [0.15, 0.2) is 24.3 Å². The second-order valence-electron chi connectivity index (χ2n) is 4.68. The molecule has 0 bridgehead atoms. The summed E-state index contributed by atoms with van der Waals surface area (Å²) in [5.74, 6) is 0.783. The van der Waals surface area contributed by atoms with Gasteiger partial charge in [-0.15, -0.1) is 5.10 Å². The minimum atomic E-state index is 0.0373. The van der Waals surface area contributed by atoms with E-state index >= 15 is 0 Å². The monoisotopic (exact) mass is 289 g/mol. The summed E-state index contributed by atoms with van der Waals surface area (Å²) in [6.07, 6.45) is 2.15. The minimum Gasteiger partial charge on any atom is -0.497 e. The first-order chi connectivity index (χ1) is 9.79. The number of methoxy groups -OCH3 is 1. The SMILES string of the molecule is COc1cccc(-c2nnsc2C(=O)N2CCCC2)c1. The van der Waals surface area contributed by atoms with Gasteiger partial charge in [-0.3, -0.25) is 4.79 Å². The van der Waals surface area contributed by atoms with E-state index in [9.17, 15) is 4.79 Å². The first-order valence-corrected chi connectivity index (χ1v) is 7.33. The van der Waals surface area contributed by atoms with Crippen LogP contribution >= 0.6 is 11.5 Å². The molecule has 1 amide bonds. The number of aromatic nitrogens is 2. The maximum Gasteiger partial charge on any atom is 0.267 e. The van der Waals surface area contributed by atoms with E-state index < -0.39 is 0 Å². The molecule has 2 aromatic rings. The molecule has 5 nitrogen and oxygen atoms in total.